The zero-order valence-corrected chi connectivity index (χ0v) is 11.9. The number of carbonyl (C=O) groups is 1. The van der Waals surface area contributed by atoms with E-state index >= 15 is 0 Å². The molecule has 4 nitrogen and oxygen atoms in total. The van der Waals surface area contributed by atoms with Crippen LogP contribution in [0.25, 0.3) is 0 Å². The minimum absolute atomic E-state index is 0.109. The number of carbonyl (C=O) groups excluding carboxylic acids is 1. The smallest absolute Gasteiger partial charge is 0.204 e. The lowest BCUT2D eigenvalue weighted by molar-refractivity contribution is 0.102. The van der Waals surface area contributed by atoms with Crippen molar-refractivity contribution in [2.75, 3.05) is 14.2 Å². The Morgan fingerprint density at radius 1 is 0.957 bits per heavy atom. The van der Waals surface area contributed by atoms with Gasteiger partial charge in [-0.25, -0.2) is 8.78 Å². The first-order valence-electron chi connectivity index (χ1n) is 6.15. The van der Waals surface area contributed by atoms with Crippen LogP contribution in [0.3, 0.4) is 0 Å². The number of halogens is 4. The molecule has 0 spiro atoms. The van der Waals surface area contributed by atoms with Gasteiger partial charge in [-0.2, -0.15) is 8.78 Å². The van der Waals surface area contributed by atoms with Crippen molar-refractivity contribution in [2.24, 2.45) is 0 Å². The van der Waals surface area contributed by atoms with Crippen molar-refractivity contribution in [1.29, 1.82) is 0 Å². The van der Waals surface area contributed by atoms with Gasteiger partial charge in [0.05, 0.1) is 19.8 Å². The number of ether oxygens (including phenoxy) is 2. The molecule has 0 heterocycles. The van der Waals surface area contributed by atoms with Crippen LogP contribution in [0.15, 0.2) is 18.2 Å². The molecule has 1 N–H and O–H groups in total. The highest BCUT2D eigenvalue weighted by Gasteiger charge is 2.31. The second-order valence-corrected chi connectivity index (χ2v) is 4.37. The van der Waals surface area contributed by atoms with Crippen molar-refractivity contribution in [3.8, 4) is 17.2 Å². The van der Waals surface area contributed by atoms with Gasteiger partial charge >= 0.3 is 0 Å². The Kier molecular flexibility index (Phi) is 4.44. The minimum Gasteiger partial charge on any atom is -0.503 e. The van der Waals surface area contributed by atoms with Crippen LogP contribution in [0.4, 0.5) is 17.6 Å². The second kappa shape index (κ2) is 6.15. The molecule has 2 aromatic rings. The summed E-state index contributed by atoms with van der Waals surface area (Å²) in [4.78, 5) is 12.3. The summed E-state index contributed by atoms with van der Waals surface area (Å²) in [6.07, 6.45) is 0. The fourth-order valence-corrected chi connectivity index (χ4v) is 1.94. The monoisotopic (exact) mass is 330 g/mol. The molecule has 122 valence electrons. The number of hydrogen-bond donors (Lipinski definition) is 1. The van der Waals surface area contributed by atoms with E-state index in [1.807, 2.05) is 0 Å². The molecule has 0 radical (unpaired) electrons. The maximum atomic E-state index is 13.8. The number of phenolic OH excluding ortho intramolecular Hbond substituents is 1. The minimum atomic E-state index is -2.06. The molecule has 2 aromatic carbocycles. The Bertz CT molecular complexity index is 761. The summed E-state index contributed by atoms with van der Waals surface area (Å²) in [7, 11) is 2.54. The average molecular weight is 330 g/mol. The molecule has 0 saturated heterocycles. The van der Waals surface area contributed by atoms with Gasteiger partial charge in [-0.3, -0.25) is 4.79 Å². The van der Waals surface area contributed by atoms with E-state index in [2.05, 4.69) is 0 Å². The third-order valence-electron chi connectivity index (χ3n) is 3.12. The van der Waals surface area contributed by atoms with Gasteiger partial charge in [-0.15, -0.1) is 0 Å². The van der Waals surface area contributed by atoms with Crippen LogP contribution >= 0.6 is 0 Å². The molecule has 0 aliphatic heterocycles. The normalized spacial score (nSPS) is 10.5. The number of phenols is 1. The van der Waals surface area contributed by atoms with Crippen LogP contribution in [-0.2, 0) is 0 Å². The van der Waals surface area contributed by atoms with Crippen LogP contribution in [0.5, 0.6) is 17.2 Å². The first-order valence-corrected chi connectivity index (χ1v) is 6.15. The Labute approximate surface area is 127 Å². The molecule has 0 bridgehead atoms. The van der Waals surface area contributed by atoms with Gasteiger partial charge < -0.3 is 14.6 Å². The maximum absolute atomic E-state index is 13.8. The molecule has 2 rings (SSSR count). The lowest BCUT2D eigenvalue weighted by atomic mass is 10.00. The summed E-state index contributed by atoms with van der Waals surface area (Å²) in [6.45, 7) is 0. The standard InChI is InChI=1S/C15H10F4O4/c1-22-6-3-4-7(8(5-6)23-2)14(20)9-10(16)12(18)15(21)13(19)11(9)17/h3-5,21H,1-2H3. The van der Waals surface area contributed by atoms with Crippen molar-refractivity contribution >= 4 is 5.78 Å². The van der Waals surface area contributed by atoms with Crippen LogP contribution < -0.4 is 9.47 Å². The molecule has 0 atom stereocenters. The molecule has 0 aliphatic carbocycles. The number of rotatable bonds is 4. The van der Waals surface area contributed by atoms with Crippen LogP contribution in [0.1, 0.15) is 15.9 Å². The molecule has 0 unspecified atom stereocenters. The first-order chi connectivity index (χ1) is 10.8. The molecule has 8 heteroatoms. The molecule has 0 fully saturated rings. The fourth-order valence-electron chi connectivity index (χ4n) is 1.94. The van der Waals surface area contributed by atoms with E-state index in [-0.39, 0.29) is 11.3 Å². The van der Waals surface area contributed by atoms with E-state index in [4.69, 9.17) is 14.6 Å². The second-order valence-electron chi connectivity index (χ2n) is 4.37. The summed E-state index contributed by atoms with van der Waals surface area (Å²) in [5, 5.41) is 8.93. The number of methoxy groups -OCH3 is 2. The molecule has 0 saturated carbocycles. The highest BCUT2D eigenvalue weighted by molar-refractivity contribution is 6.11. The summed E-state index contributed by atoms with van der Waals surface area (Å²) >= 11 is 0. The summed E-state index contributed by atoms with van der Waals surface area (Å²) in [6, 6.07) is 3.69. The largest absolute Gasteiger partial charge is 0.503 e. The van der Waals surface area contributed by atoms with Crippen LogP contribution in [-0.4, -0.2) is 25.1 Å². The van der Waals surface area contributed by atoms with Gasteiger partial charge in [0.25, 0.3) is 0 Å². The van der Waals surface area contributed by atoms with E-state index in [1.54, 1.807) is 0 Å². The predicted octanol–water partition coefficient (Wildman–Crippen LogP) is 3.20. The van der Waals surface area contributed by atoms with Crippen molar-refractivity contribution in [2.45, 2.75) is 0 Å². The van der Waals surface area contributed by atoms with Gasteiger partial charge in [-0.05, 0) is 12.1 Å². The molecule has 0 amide bonds. The number of benzene rings is 2. The topological polar surface area (TPSA) is 55.8 Å². The Balaban J connectivity index is 2.67. The van der Waals surface area contributed by atoms with Crippen molar-refractivity contribution in [3.05, 3.63) is 52.6 Å². The van der Waals surface area contributed by atoms with Gasteiger partial charge in [0, 0.05) is 6.07 Å². The van der Waals surface area contributed by atoms with E-state index < -0.39 is 40.4 Å². The molecule has 0 aromatic heterocycles. The zero-order valence-electron chi connectivity index (χ0n) is 11.9. The Morgan fingerprint density at radius 3 is 2.00 bits per heavy atom. The zero-order chi connectivity index (χ0) is 17.3. The van der Waals surface area contributed by atoms with E-state index in [0.29, 0.717) is 5.75 Å². The SMILES string of the molecule is COc1ccc(C(=O)c2c(F)c(F)c(O)c(F)c2F)c(OC)c1. The first kappa shape index (κ1) is 16.6. The lowest BCUT2D eigenvalue weighted by Crippen LogP contribution is -2.12. The van der Waals surface area contributed by atoms with Gasteiger partial charge in [0.1, 0.15) is 17.1 Å². The highest BCUT2D eigenvalue weighted by atomic mass is 19.2. The molecule has 0 aliphatic rings. The van der Waals surface area contributed by atoms with Crippen LogP contribution in [0, 0.1) is 23.3 Å². The van der Waals surface area contributed by atoms with Crippen molar-refractivity contribution in [3.63, 3.8) is 0 Å². The summed E-state index contributed by atoms with van der Waals surface area (Å²) < 4.78 is 64.2. The predicted molar refractivity (Wildman–Crippen MR) is 70.9 cm³/mol. The molecular weight excluding hydrogens is 320 g/mol. The Morgan fingerprint density at radius 2 is 1.52 bits per heavy atom. The number of hydrogen-bond acceptors (Lipinski definition) is 4. The van der Waals surface area contributed by atoms with Gasteiger partial charge in [0.2, 0.25) is 17.4 Å². The van der Waals surface area contributed by atoms with Gasteiger partial charge in [0.15, 0.2) is 17.4 Å². The molecular formula is C15H10F4O4. The average Bonchev–Trinajstić information content (AvgIpc) is 2.57. The summed E-state index contributed by atoms with van der Waals surface area (Å²) in [5.41, 5.74) is -1.81. The quantitative estimate of drug-likeness (QED) is 0.531. The number of aromatic hydroxyl groups is 1. The lowest BCUT2D eigenvalue weighted by Gasteiger charge is -2.12. The van der Waals surface area contributed by atoms with Crippen LogP contribution in [0.2, 0.25) is 0 Å². The summed E-state index contributed by atoms with van der Waals surface area (Å²) in [5.74, 6) is -11.1. The van der Waals surface area contributed by atoms with E-state index in [0.717, 1.165) is 6.07 Å². The highest BCUT2D eigenvalue weighted by Crippen LogP contribution is 2.33. The third kappa shape index (κ3) is 2.67. The van der Waals surface area contributed by atoms with E-state index in [9.17, 15) is 22.4 Å². The number of ketones is 1. The fraction of sp³-hybridized carbons (Fsp3) is 0.133. The van der Waals surface area contributed by atoms with Crippen molar-refractivity contribution in [1.82, 2.24) is 0 Å². The third-order valence-corrected chi connectivity index (χ3v) is 3.12. The maximum Gasteiger partial charge on any atom is 0.204 e. The molecule has 23 heavy (non-hydrogen) atoms. The van der Waals surface area contributed by atoms with Gasteiger partial charge in [-0.1, -0.05) is 0 Å². The van der Waals surface area contributed by atoms with E-state index in [1.165, 1.54) is 26.4 Å². The Hall–Kier alpha value is -2.77. The van der Waals surface area contributed by atoms with Crippen molar-refractivity contribution < 1.29 is 36.9 Å².